The number of rotatable bonds is 9. The summed E-state index contributed by atoms with van der Waals surface area (Å²) in [5.41, 5.74) is -1.52. The zero-order valence-corrected chi connectivity index (χ0v) is 18.0. The maximum absolute atomic E-state index is 12.2. The summed E-state index contributed by atoms with van der Waals surface area (Å²) >= 11 is 0. The van der Waals surface area contributed by atoms with Gasteiger partial charge in [0, 0.05) is 12.7 Å². The molecule has 13 heteroatoms. The zero-order valence-electron chi connectivity index (χ0n) is 16.3. The normalized spacial score (nSPS) is 25.4. The largest absolute Gasteiger partial charge is 0.388 e. The molecule has 2 heterocycles. The molecule has 29 heavy (non-hydrogen) atoms. The van der Waals surface area contributed by atoms with Gasteiger partial charge in [-0.15, -0.1) is 13.2 Å². The van der Waals surface area contributed by atoms with Gasteiger partial charge in [0.25, 0.3) is 15.7 Å². The molecule has 1 aromatic heterocycles. The Labute approximate surface area is 168 Å². The minimum absolute atomic E-state index is 0.0288. The maximum Gasteiger partial charge on any atom is 0.329 e. The van der Waals surface area contributed by atoms with Crippen LogP contribution in [0.2, 0.25) is 0 Å². The quantitative estimate of drug-likeness (QED) is 0.165. The molecule has 0 aromatic carbocycles. The fourth-order valence-electron chi connectivity index (χ4n) is 2.97. The monoisotopic (exact) mass is 453 g/mol. The highest BCUT2D eigenvalue weighted by atomic mass is 32.2. The van der Waals surface area contributed by atoms with E-state index in [1.807, 2.05) is 13.3 Å². The Bertz CT molecular complexity index is 983. The molecule has 166 valence electrons. The standard InChI is InChI=1S/C16H28N3O8PS/c1-28(2,3)6-4-11-12(20)13(21)14(27-11)10-8-19(16(23)18-15(10)22)9-17-5-7-29(24,25)26/h8,11-14,17,20-21H,1,4-7,9H2,2-3H3,(H,18,22,23)(H,24,25,26)/t11-,12-,13-,14+/m1/s1. The fourth-order valence-corrected chi connectivity index (χ4v) is 4.32. The molecule has 0 bridgehead atoms. The second kappa shape index (κ2) is 9.25. The molecule has 1 aliphatic rings. The number of aromatic nitrogens is 2. The van der Waals surface area contributed by atoms with Crippen molar-refractivity contribution >= 4 is 23.3 Å². The summed E-state index contributed by atoms with van der Waals surface area (Å²) in [6.45, 7) is 2.45. The summed E-state index contributed by atoms with van der Waals surface area (Å²) < 4.78 is 37.0. The number of ether oxygens (including phenoxy) is 1. The Balaban J connectivity index is 2.15. The lowest BCUT2D eigenvalue weighted by Gasteiger charge is -2.18. The van der Waals surface area contributed by atoms with Crippen LogP contribution >= 0.6 is 6.89 Å². The maximum atomic E-state index is 12.2. The molecule has 1 fully saturated rings. The van der Waals surface area contributed by atoms with E-state index in [9.17, 15) is 28.2 Å². The van der Waals surface area contributed by atoms with Crippen LogP contribution in [0.5, 0.6) is 0 Å². The highest BCUT2D eigenvalue weighted by Crippen LogP contribution is 2.40. The first-order valence-corrected chi connectivity index (χ1v) is 13.6. The minimum Gasteiger partial charge on any atom is -0.388 e. The van der Waals surface area contributed by atoms with Crippen LogP contribution in [-0.2, 0) is 21.5 Å². The summed E-state index contributed by atoms with van der Waals surface area (Å²) in [4.78, 5) is 26.3. The molecule has 1 saturated heterocycles. The molecule has 0 saturated carbocycles. The molecule has 4 atom stereocenters. The van der Waals surface area contributed by atoms with Crippen molar-refractivity contribution in [3.05, 3.63) is 32.6 Å². The van der Waals surface area contributed by atoms with Crippen LogP contribution in [-0.4, -0.2) is 89.1 Å². The van der Waals surface area contributed by atoms with Crippen molar-refractivity contribution in [1.29, 1.82) is 0 Å². The Hall–Kier alpha value is -1.27. The van der Waals surface area contributed by atoms with E-state index in [0.717, 1.165) is 10.7 Å². The lowest BCUT2D eigenvalue weighted by atomic mass is 10.0. The Morgan fingerprint density at radius 3 is 2.55 bits per heavy atom. The molecule has 0 spiro atoms. The van der Waals surface area contributed by atoms with Crippen molar-refractivity contribution in [3.8, 4) is 0 Å². The summed E-state index contributed by atoms with van der Waals surface area (Å²) in [5.74, 6) is -0.540. The van der Waals surface area contributed by atoms with Crippen molar-refractivity contribution in [1.82, 2.24) is 14.9 Å². The molecule has 1 aliphatic heterocycles. The van der Waals surface area contributed by atoms with Crippen molar-refractivity contribution in [2.45, 2.75) is 37.5 Å². The second-order valence-corrected chi connectivity index (χ2v) is 13.7. The Morgan fingerprint density at radius 2 is 1.97 bits per heavy atom. The molecule has 11 nitrogen and oxygen atoms in total. The molecule has 0 amide bonds. The second-order valence-electron chi connectivity index (χ2n) is 7.78. The van der Waals surface area contributed by atoms with Crippen molar-refractivity contribution in [2.75, 3.05) is 31.8 Å². The molecular weight excluding hydrogens is 425 g/mol. The molecule has 2 rings (SSSR count). The molecule has 0 aliphatic carbocycles. The Kier molecular flexibility index (Phi) is 7.66. The van der Waals surface area contributed by atoms with Crippen LogP contribution in [0.3, 0.4) is 0 Å². The first-order chi connectivity index (χ1) is 13.3. The van der Waals surface area contributed by atoms with E-state index in [1.165, 1.54) is 6.20 Å². The third-order valence-corrected chi connectivity index (χ3v) is 6.73. The molecule has 0 radical (unpaired) electrons. The van der Waals surface area contributed by atoms with E-state index in [1.54, 1.807) is 0 Å². The molecular formula is C16H28N3O8PS. The van der Waals surface area contributed by atoms with Gasteiger partial charge in [-0.25, -0.2) is 4.79 Å². The van der Waals surface area contributed by atoms with Crippen LogP contribution < -0.4 is 16.6 Å². The van der Waals surface area contributed by atoms with Gasteiger partial charge in [-0.3, -0.25) is 24.2 Å². The Morgan fingerprint density at radius 1 is 1.31 bits per heavy atom. The fraction of sp³-hybridized carbons (Fsp3) is 0.688. The van der Waals surface area contributed by atoms with Crippen molar-refractivity contribution in [2.24, 2.45) is 0 Å². The molecule has 1 aromatic rings. The van der Waals surface area contributed by atoms with Crippen LogP contribution in [0.15, 0.2) is 15.8 Å². The van der Waals surface area contributed by atoms with E-state index >= 15 is 0 Å². The number of nitrogens with zero attached hydrogens (tertiary/aromatic N) is 1. The summed E-state index contributed by atoms with van der Waals surface area (Å²) in [6.07, 6.45) is 2.21. The third-order valence-electron chi connectivity index (χ3n) is 4.55. The minimum atomic E-state index is -4.14. The average Bonchev–Trinajstić information content (AvgIpc) is 2.85. The van der Waals surface area contributed by atoms with Crippen molar-refractivity contribution < 1.29 is 27.9 Å². The van der Waals surface area contributed by atoms with Gasteiger partial charge in [0.05, 0.1) is 24.1 Å². The highest BCUT2D eigenvalue weighted by Gasteiger charge is 2.44. The van der Waals surface area contributed by atoms with Gasteiger partial charge in [0.2, 0.25) is 0 Å². The van der Waals surface area contributed by atoms with Gasteiger partial charge in [0.1, 0.15) is 18.3 Å². The number of aliphatic hydroxyl groups excluding tert-OH is 2. The third kappa shape index (κ3) is 6.88. The summed E-state index contributed by atoms with van der Waals surface area (Å²) in [6, 6.07) is 0. The SMILES string of the molecule is C=P(C)(C)CC[C@H]1O[C@@H](c2cn(CNCCS(=O)(=O)O)c(=O)[nH]c2=O)[C@H](O)[C@@H]1O. The number of H-pyrrole nitrogens is 1. The highest BCUT2D eigenvalue weighted by molar-refractivity contribution is 7.85. The van der Waals surface area contributed by atoms with Gasteiger partial charge >= 0.3 is 5.69 Å². The lowest BCUT2D eigenvalue weighted by molar-refractivity contribution is 0.00492. The number of hydrogen-bond donors (Lipinski definition) is 5. The first-order valence-electron chi connectivity index (χ1n) is 8.97. The topological polar surface area (TPSA) is 171 Å². The van der Waals surface area contributed by atoms with Gasteiger partial charge in [0.15, 0.2) is 0 Å². The van der Waals surface area contributed by atoms with Gasteiger partial charge < -0.3 is 14.9 Å². The number of hydrogen-bond acceptors (Lipinski definition) is 8. The van der Waals surface area contributed by atoms with E-state index < -0.39 is 58.4 Å². The first kappa shape index (κ1) is 24.0. The van der Waals surface area contributed by atoms with Crippen molar-refractivity contribution in [3.63, 3.8) is 0 Å². The van der Waals surface area contributed by atoms with Crippen LogP contribution in [0, 0.1) is 0 Å². The van der Waals surface area contributed by atoms with Crippen LogP contribution in [0.1, 0.15) is 18.1 Å². The van der Waals surface area contributed by atoms with Crippen LogP contribution in [0.25, 0.3) is 0 Å². The predicted octanol–water partition coefficient (Wildman–Crippen LogP) is -1.77. The average molecular weight is 453 g/mol. The van der Waals surface area contributed by atoms with E-state index in [2.05, 4.69) is 16.6 Å². The summed E-state index contributed by atoms with van der Waals surface area (Å²) in [5, 5.41) is 23.3. The number of aliphatic hydroxyl groups is 2. The van der Waals surface area contributed by atoms with Gasteiger partial charge in [-0.1, -0.05) is 0 Å². The molecule has 0 unspecified atom stereocenters. The zero-order chi connectivity index (χ0) is 22.0. The smallest absolute Gasteiger partial charge is 0.329 e. The molecule has 5 N–H and O–H groups in total. The summed E-state index contributed by atoms with van der Waals surface area (Å²) in [7, 11) is -4.14. The van der Waals surface area contributed by atoms with Gasteiger partial charge in [-0.2, -0.15) is 8.42 Å². The number of nitrogens with one attached hydrogen (secondary N) is 2. The van der Waals surface area contributed by atoms with Gasteiger partial charge in [-0.05, 0) is 25.9 Å². The predicted molar refractivity (Wildman–Crippen MR) is 111 cm³/mol. The number of aromatic amines is 1. The van der Waals surface area contributed by atoms with E-state index in [4.69, 9.17) is 9.29 Å². The van der Waals surface area contributed by atoms with E-state index in [-0.39, 0.29) is 18.8 Å². The van der Waals surface area contributed by atoms with E-state index in [0.29, 0.717) is 6.42 Å². The van der Waals surface area contributed by atoms with Crippen LogP contribution in [0.4, 0.5) is 0 Å². The lowest BCUT2D eigenvalue weighted by Crippen LogP contribution is -2.38.